The smallest absolute Gasteiger partial charge is 0.272 e. The summed E-state index contributed by atoms with van der Waals surface area (Å²) >= 11 is 1.56. The van der Waals surface area contributed by atoms with Crippen LogP contribution in [0.4, 0.5) is 0 Å². The zero-order chi connectivity index (χ0) is 17.6. The molecule has 25 heavy (non-hydrogen) atoms. The molecular weight excluding hydrogens is 342 g/mol. The van der Waals surface area contributed by atoms with Crippen molar-refractivity contribution in [2.24, 2.45) is 7.05 Å². The Morgan fingerprint density at radius 1 is 1.36 bits per heavy atom. The van der Waals surface area contributed by atoms with Gasteiger partial charge < -0.3 is 15.1 Å². The van der Waals surface area contributed by atoms with Gasteiger partial charge in [-0.15, -0.1) is 11.3 Å². The Bertz CT molecular complexity index is 844. The summed E-state index contributed by atoms with van der Waals surface area (Å²) in [6, 6.07) is 5.06. The highest BCUT2D eigenvalue weighted by Gasteiger charge is 2.40. The summed E-state index contributed by atoms with van der Waals surface area (Å²) in [5.41, 5.74) is 1.23. The zero-order valence-electron chi connectivity index (χ0n) is 13.6. The Balaban J connectivity index is 1.56. The quantitative estimate of drug-likeness (QED) is 0.813. The molecule has 8 nitrogen and oxygen atoms in total. The van der Waals surface area contributed by atoms with Crippen molar-refractivity contribution in [3.05, 3.63) is 29.3 Å². The monoisotopic (exact) mass is 359 g/mol. The first kappa shape index (κ1) is 15.8. The number of aryl methyl sites for hydroxylation is 1. The first-order chi connectivity index (χ1) is 12.0. The number of hydrogen-bond acceptors (Lipinski definition) is 5. The lowest BCUT2D eigenvalue weighted by atomic mass is 10.1. The van der Waals surface area contributed by atoms with Gasteiger partial charge in [0.05, 0.1) is 18.0 Å². The standard InChI is InChI=1S/C16H17N5O3S/c1-19-11(7-10(18-19)13-3-2-6-25-13)16(24)20-4-5-21-12(9-20)15(23)17-8-14(21)22/h2-3,6-7,12H,4-5,8-9H2,1H3,(H,17,23)/t12-/m0/s1. The van der Waals surface area contributed by atoms with E-state index in [9.17, 15) is 14.4 Å². The molecule has 130 valence electrons. The van der Waals surface area contributed by atoms with Crippen LogP contribution >= 0.6 is 11.3 Å². The van der Waals surface area contributed by atoms with Gasteiger partial charge >= 0.3 is 0 Å². The molecule has 1 atom stereocenters. The van der Waals surface area contributed by atoms with Crippen LogP contribution < -0.4 is 5.32 Å². The maximum absolute atomic E-state index is 12.9. The molecule has 2 aromatic rings. The second kappa shape index (κ2) is 5.99. The maximum atomic E-state index is 12.9. The number of amides is 3. The molecular formula is C16H17N5O3S. The Kier molecular flexibility index (Phi) is 3.79. The number of carbonyl (C=O) groups is 3. The fourth-order valence-corrected chi connectivity index (χ4v) is 3.93. The van der Waals surface area contributed by atoms with Gasteiger partial charge in [0.15, 0.2) is 0 Å². The Labute approximate surface area is 148 Å². The third-order valence-electron chi connectivity index (χ3n) is 4.58. The lowest BCUT2D eigenvalue weighted by molar-refractivity contribution is -0.148. The Morgan fingerprint density at radius 3 is 2.96 bits per heavy atom. The summed E-state index contributed by atoms with van der Waals surface area (Å²) in [6.45, 7) is 1.03. The van der Waals surface area contributed by atoms with Crippen molar-refractivity contribution in [3.63, 3.8) is 0 Å². The van der Waals surface area contributed by atoms with Crippen molar-refractivity contribution < 1.29 is 14.4 Å². The van der Waals surface area contributed by atoms with E-state index in [1.54, 1.807) is 38.9 Å². The average molecular weight is 359 g/mol. The average Bonchev–Trinajstić information content (AvgIpc) is 3.27. The van der Waals surface area contributed by atoms with Gasteiger partial charge in [0.1, 0.15) is 17.4 Å². The van der Waals surface area contributed by atoms with E-state index < -0.39 is 6.04 Å². The van der Waals surface area contributed by atoms with Crippen LogP contribution in [-0.2, 0) is 16.6 Å². The van der Waals surface area contributed by atoms with E-state index in [1.165, 1.54) is 0 Å². The van der Waals surface area contributed by atoms with Crippen molar-refractivity contribution in [1.82, 2.24) is 24.9 Å². The third-order valence-corrected chi connectivity index (χ3v) is 5.47. The van der Waals surface area contributed by atoms with E-state index in [0.717, 1.165) is 10.6 Å². The fourth-order valence-electron chi connectivity index (χ4n) is 3.25. The van der Waals surface area contributed by atoms with Crippen LogP contribution in [0.3, 0.4) is 0 Å². The van der Waals surface area contributed by atoms with Gasteiger partial charge in [-0.2, -0.15) is 5.10 Å². The van der Waals surface area contributed by atoms with E-state index in [2.05, 4.69) is 10.4 Å². The predicted octanol–water partition coefficient (Wildman–Crippen LogP) is -0.0686. The number of piperazine rings is 2. The van der Waals surface area contributed by atoms with E-state index in [0.29, 0.717) is 18.8 Å². The summed E-state index contributed by atoms with van der Waals surface area (Å²) < 4.78 is 1.57. The van der Waals surface area contributed by atoms with Gasteiger partial charge in [0.2, 0.25) is 11.8 Å². The van der Waals surface area contributed by atoms with Gasteiger partial charge in [-0.1, -0.05) is 6.07 Å². The van der Waals surface area contributed by atoms with Crippen molar-refractivity contribution in [2.45, 2.75) is 6.04 Å². The Hall–Kier alpha value is -2.68. The maximum Gasteiger partial charge on any atom is 0.272 e. The molecule has 2 aliphatic heterocycles. The van der Waals surface area contributed by atoms with Crippen LogP contribution in [0.15, 0.2) is 23.6 Å². The Morgan fingerprint density at radius 2 is 2.20 bits per heavy atom. The molecule has 0 saturated carbocycles. The second-order valence-corrected chi connectivity index (χ2v) is 7.04. The molecule has 0 unspecified atom stereocenters. The number of hydrogen-bond donors (Lipinski definition) is 1. The van der Waals surface area contributed by atoms with E-state index in [1.807, 2.05) is 17.5 Å². The molecule has 0 aliphatic carbocycles. The highest BCUT2D eigenvalue weighted by atomic mass is 32.1. The first-order valence-electron chi connectivity index (χ1n) is 7.99. The van der Waals surface area contributed by atoms with E-state index in [-0.39, 0.29) is 30.8 Å². The number of thiophene rings is 1. The van der Waals surface area contributed by atoms with Gasteiger partial charge in [-0.3, -0.25) is 19.1 Å². The van der Waals surface area contributed by atoms with Crippen LogP contribution in [-0.4, -0.2) is 69.5 Å². The highest BCUT2D eigenvalue weighted by molar-refractivity contribution is 7.13. The summed E-state index contributed by atoms with van der Waals surface area (Å²) in [4.78, 5) is 41.0. The number of nitrogens with zero attached hydrogens (tertiary/aromatic N) is 4. The minimum atomic E-state index is -0.607. The summed E-state index contributed by atoms with van der Waals surface area (Å²) in [6.07, 6.45) is 0. The SMILES string of the molecule is Cn1nc(-c2cccs2)cc1C(=O)N1CCN2C(=O)CNC(=O)[C@@H]2C1. The minimum Gasteiger partial charge on any atom is -0.345 e. The van der Waals surface area contributed by atoms with Crippen molar-refractivity contribution in [1.29, 1.82) is 0 Å². The number of aromatic nitrogens is 2. The lowest BCUT2D eigenvalue weighted by Gasteiger charge is -2.42. The van der Waals surface area contributed by atoms with Crippen LogP contribution in [0.2, 0.25) is 0 Å². The molecule has 4 rings (SSSR count). The van der Waals surface area contributed by atoms with Crippen LogP contribution in [0.25, 0.3) is 10.6 Å². The molecule has 0 aromatic carbocycles. The lowest BCUT2D eigenvalue weighted by Crippen LogP contribution is -2.66. The van der Waals surface area contributed by atoms with Crippen molar-refractivity contribution >= 4 is 29.1 Å². The largest absolute Gasteiger partial charge is 0.345 e. The van der Waals surface area contributed by atoms with Gasteiger partial charge in [0, 0.05) is 20.1 Å². The molecule has 2 aromatic heterocycles. The molecule has 3 amide bonds. The molecule has 2 fully saturated rings. The van der Waals surface area contributed by atoms with Crippen molar-refractivity contribution in [2.75, 3.05) is 26.2 Å². The zero-order valence-corrected chi connectivity index (χ0v) is 14.5. The summed E-state index contributed by atoms with van der Waals surface area (Å²) in [5, 5.41) is 8.95. The molecule has 2 saturated heterocycles. The number of fused-ring (bicyclic) bond motifs is 1. The topological polar surface area (TPSA) is 87.5 Å². The number of nitrogens with one attached hydrogen (secondary N) is 1. The number of carbonyl (C=O) groups excluding carboxylic acids is 3. The highest BCUT2D eigenvalue weighted by Crippen LogP contribution is 2.25. The van der Waals surface area contributed by atoms with Gasteiger partial charge in [-0.05, 0) is 17.5 Å². The van der Waals surface area contributed by atoms with Crippen LogP contribution in [0.1, 0.15) is 10.5 Å². The number of rotatable bonds is 2. The van der Waals surface area contributed by atoms with Gasteiger partial charge in [0.25, 0.3) is 5.91 Å². The first-order valence-corrected chi connectivity index (χ1v) is 8.87. The molecule has 9 heteroatoms. The van der Waals surface area contributed by atoms with Crippen molar-refractivity contribution in [3.8, 4) is 10.6 Å². The molecule has 0 bridgehead atoms. The van der Waals surface area contributed by atoms with E-state index in [4.69, 9.17) is 0 Å². The predicted molar refractivity (Wildman–Crippen MR) is 90.9 cm³/mol. The second-order valence-electron chi connectivity index (χ2n) is 6.09. The van der Waals surface area contributed by atoms with Crippen LogP contribution in [0.5, 0.6) is 0 Å². The molecule has 0 radical (unpaired) electrons. The van der Waals surface area contributed by atoms with Gasteiger partial charge in [-0.25, -0.2) is 0 Å². The molecule has 0 spiro atoms. The third kappa shape index (κ3) is 2.70. The molecule has 4 heterocycles. The normalized spacial score (nSPS) is 20.4. The molecule has 2 aliphatic rings. The summed E-state index contributed by atoms with van der Waals surface area (Å²) in [7, 11) is 1.73. The molecule has 1 N–H and O–H groups in total. The summed E-state index contributed by atoms with van der Waals surface area (Å²) in [5.74, 6) is -0.484. The van der Waals surface area contributed by atoms with E-state index >= 15 is 0 Å². The van der Waals surface area contributed by atoms with Crippen LogP contribution in [0, 0.1) is 0 Å². The fraction of sp³-hybridized carbons (Fsp3) is 0.375. The minimum absolute atomic E-state index is 0.0369.